The lowest BCUT2D eigenvalue weighted by Crippen LogP contribution is -2.21. The molecule has 3 rings (SSSR count). The number of anilines is 1. The molecule has 0 bridgehead atoms. The van der Waals surface area contributed by atoms with Crippen LogP contribution in [0.1, 0.15) is 27.9 Å². The summed E-state index contributed by atoms with van der Waals surface area (Å²) in [7, 11) is 0. The van der Waals surface area contributed by atoms with E-state index < -0.39 is 5.97 Å². The van der Waals surface area contributed by atoms with Gasteiger partial charge >= 0.3 is 5.97 Å². The molecule has 5 heteroatoms. The number of amides is 1. The van der Waals surface area contributed by atoms with Gasteiger partial charge in [0.25, 0.3) is 5.91 Å². The number of carbonyl (C=O) groups excluding carboxylic acids is 2. The molecule has 0 atom stereocenters. The molecule has 0 saturated heterocycles. The fourth-order valence-corrected chi connectivity index (χ4v) is 2.91. The minimum Gasteiger partial charge on any atom is -0.452 e. The highest BCUT2D eigenvalue weighted by Gasteiger charge is 2.13. The van der Waals surface area contributed by atoms with Crippen LogP contribution in [0, 0.1) is 0 Å². The summed E-state index contributed by atoms with van der Waals surface area (Å²) in [5, 5.41) is 2.76. The fraction of sp³-hybridized carbons (Fsp3) is 0.222. The van der Waals surface area contributed by atoms with Crippen molar-refractivity contribution < 1.29 is 14.3 Å². The molecule has 0 aliphatic heterocycles. The lowest BCUT2D eigenvalue weighted by atomic mass is 10.1. The first kappa shape index (κ1) is 15.7. The smallest absolute Gasteiger partial charge is 0.338 e. The van der Waals surface area contributed by atoms with Gasteiger partial charge in [-0.3, -0.25) is 4.79 Å². The maximum absolute atomic E-state index is 11.9. The van der Waals surface area contributed by atoms with Crippen LogP contribution < -0.4 is 5.32 Å². The number of esters is 1. The van der Waals surface area contributed by atoms with Crippen LogP contribution in [-0.4, -0.2) is 18.5 Å². The molecular formula is C18H16BrNO3. The number of benzene rings is 2. The molecule has 0 aromatic heterocycles. The van der Waals surface area contributed by atoms with Gasteiger partial charge in [-0.05, 0) is 66.8 Å². The first-order valence-corrected chi connectivity index (χ1v) is 8.25. The Labute approximate surface area is 143 Å². The first-order chi connectivity index (χ1) is 11.1. The number of ether oxygens (including phenoxy) is 1. The molecular weight excluding hydrogens is 358 g/mol. The summed E-state index contributed by atoms with van der Waals surface area (Å²) in [6.07, 6.45) is 3.32. The predicted octanol–water partition coefficient (Wildman–Crippen LogP) is 3.73. The maximum Gasteiger partial charge on any atom is 0.338 e. The minimum atomic E-state index is -0.512. The van der Waals surface area contributed by atoms with Crippen LogP contribution >= 0.6 is 15.9 Å². The lowest BCUT2D eigenvalue weighted by molar-refractivity contribution is -0.119. The number of halogens is 1. The zero-order valence-electron chi connectivity index (χ0n) is 12.5. The highest BCUT2D eigenvalue weighted by atomic mass is 79.9. The number of fused-ring (bicyclic) bond motifs is 1. The highest BCUT2D eigenvalue weighted by Crippen LogP contribution is 2.24. The lowest BCUT2D eigenvalue weighted by Gasteiger charge is -2.08. The number of aryl methyl sites for hydroxylation is 2. The maximum atomic E-state index is 11.9. The van der Waals surface area contributed by atoms with Crippen molar-refractivity contribution in [3.05, 3.63) is 63.6 Å². The van der Waals surface area contributed by atoms with Gasteiger partial charge in [-0.25, -0.2) is 4.79 Å². The molecule has 2 aromatic carbocycles. The quantitative estimate of drug-likeness (QED) is 0.830. The van der Waals surface area contributed by atoms with Crippen molar-refractivity contribution in [2.75, 3.05) is 11.9 Å². The number of hydrogen-bond donors (Lipinski definition) is 1. The largest absolute Gasteiger partial charge is 0.452 e. The second-order valence-electron chi connectivity index (χ2n) is 5.47. The van der Waals surface area contributed by atoms with Crippen LogP contribution in [0.15, 0.2) is 46.9 Å². The van der Waals surface area contributed by atoms with Crippen molar-refractivity contribution in [3.8, 4) is 0 Å². The summed E-state index contributed by atoms with van der Waals surface area (Å²) in [4.78, 5) is 23.8. The van der Waals surface area contributed by atoms with Gasteiger partial charge in [-0.1, -0.05) is 22.0 Å². The molecule has 0 fully saturated rings. The zero-order valence-corrected chi connectivity index (χ0v) is 14.1. The molecule has 1 aliphatic carbocycles. The summed E-state index contributed by atoms with van der Waals surface area (Å²) in [5.74, 6) is -0.852. The topological polar surface area (TPSA) is 55.4 Å². The van der Waals surface area contributed by atoms with E-state index in [-0.39, 0.29) is 12.5 Å². The van der Waals surface area contributed by atoms with Gasteiger partial charge in [0, 0.05) is 10.2 Å². The van der Waals surface area contributed by atoms with Crippen molar-refractivity contribution in [2.45, 2.75) is 19.3 Å². The second kappa shape index (κ2) is 6.96. The molecule has 0 heterocycles. The number of nitrogens with one attached hydrogen (secondary N) is 1. The van der Waals surface area contributed by atoms with Gasteiger partial charge in [-0.15, -0.1) is 0 Å². The van der Waals surface area contributed by atoms with E-state index in [1.807, 2.05) is 18.2 Å². The summed E-state index contributed by atoms with van der Waals surface area (Å²) >= 11 is 3.30. The van der Waals surface area contributed by atoms with Crippen molar-refractivity contribution in [1.82, 2.24) is 0 Å². The Balaban J connectivity index is 1.53. The third-order valence-electron chi connectivity index (χ3n) is 3.80. The van der Waals surface area contributed by atoms with Crippen molar-refractivity contribution in [1.29, 1.82) is 0 Å². The molecule has 0 unspecified atom stereocenters. The van der Waals surface area contributed by atoms with Gasteiger partial charge in [0.1, 0.15) is 0 Å². The predicted molar refractivity (Wildman–Crippen MR) is 91.5 cm³/mol. The zero-order chi connectivity index (χ0) is 16.2. The first-order valence-electron chi connectivity index (χ1n) is 7.46. The molecule has 0 saturated carbocycles. The number of rotatable bonds is 4. The van der Waals surface area contributed by atoms with E-state index in [9.17, 15) is 9.59 Å². The molecule has 1 amide bonds. The average molecular weight is 374 g/mol. The molecule has 23 heavy (non-hydrogen) atoms. The van der Waals surface area contributed by atoms with Crippen LogP contribution in [0.4, 0.5) is 5.69 Å². The van der Waals surface area contributed by atoms with Gasteiger partial charge < -0.3 is 10.1 Å². The van der Waals surface area contributed by atoms with Crippen molar-refractivity contribution in [2.24, 2.45) is 0 Å². The third-order valence-corrected chi connectivity index (χ3v) is 4.33. The Bertz CT molecular complexity index is 740. The number of hydrogen-bond acceptors (Lipinski definition) is 3. The molecule has 0 spiro atoms. The molecule has 0 radical (unpaired) electrons. The van der Waals surface area contributed by atoms with Crippen molar-refractivity contribution >= 4 is 33.5 Å². The van der Waals surface area contributed by atoms with E-state index >= 15 is 0 Å². The van der Waals surface area contributed by atoms with Crippen molar-refractivity contribution in [3.63, 3.8) is 0 Å². The van der Waals surface area contributed by atoms with E-state index in [0.29, 0.717) is 5.56 Å². The Morgan fingerprint density at radius 2 is 1.78 bits per heavy atom. The van der Waals surface area contributed by atoms with Crippen LogP contribution in [0.2, 0.25) is 0 Å². The Kier molecular flexibility index (Phi) is 4.76. The fourth-order valence-electron chi connectivity index (χ4n) is 2.65. The Hall–Kier alpha value is -2.14. The van der Waals surface area contributed by atoms with Gasteiger partial charge in [0.05, 0.1) is 5.56 Å². The van der Waals surface area contributed by atoms with E-state index in [1.54, 1.807) is 24.3 Å². The molecule has 1 aliphatic rings. The summed E-state index contributed by atoms with van der Waals surface area (Å²) in [5.41, 5.74) is 3.80. The monoisotopic (exact) mass is 373 g/mol. The molecule has 2 aromatic rings. The Morgan fingerprint density at radius 1 is 1.04 bits per heavy atom. The van der Waals surface area contributed by atoms with E-state index in [4.69, 9.17) is 4.74 Å². The van der Waals surface area contributed by atoms with Crippen LogP contribution in [0.3, 0.4) is 0 Å². The van der Waals surface area contributed by atoms with Crippen LogP contribution in [0.5, 0.6) is 0 Å². The van der Waals surface area contributed by atoms with E-state index in [2.05, 4.69) is 21.2 Å². The van der Waals surface area contributed by atoms with Gasteiger partial charge in [-0.2, -0.15) is 0 Å². The normalized spacial score (nSPS) is 12.6. The summed E-state index contributed by atoms with van der Waals surface area (Å²) in [6, 6.07) is 12.7. The molecule has 1 N–H and O–H groups in total. The summed E-state index contributed by atoms with van der Waals surface area (Å²) < 4.78 is 5.91. The molecule has 118 valence electrons. The SMILES string of the molecule is O=C(COC(=O)c1ccc(Br)cc1)Nc1ccc2c(c1)CCC2. The molecule has 4 nitrogen and oxygen atoms in total. The standard InChI is InChI=1S/C18H16BrNO3/c19-15-7-4-13(5-8-15)18(22)23-11-17(21)20-16-9-6-12-2-1-3-14(12)10-16/h4-10H,1-3,11H2,(H,20,21). The second-order valence-corrected chi connectivity index (χ2v) is 6.38. The van der Waals surface area contributed by atoms with E-state index in [1.165, 1.54) is 11.1 Å². The summed E-state index contributed by atoms with van der Waals surface area (Å²) in [6.45, 7) is -0.300. The van der Waals surface area contributed by atoms with Crippen LogP contribution in [0.25, 0.3) is 0 Å². The highest BCUT2D eigenvalue weighted by molar-refractivity contribution is 9.10. The third kappa shape index (κ3) is 3.99. The van der Waals surface area contributed by atoms with Gasteiger partial charge in [0.2, 0.25) is 0 Å². The van der Waals surface area contributed by atoms with E-state index in [0.717, 1.165) is 29.4 Å². The average Bonchev–Trinajstić information content (AvgIpc) is 3.01. The minimum absolute atomic E-state index is 0.300. The Morgan fingerprint density at radius 3 is 2.57 bits per heavy atom. The van der Waals surface area contributed by atoms with Crippen LogP contribution in [-0.2, 0) is 22.4 Å². The van der Waals surface area contributed by atoms with Gasteiger partial charge in [0.15, 0.2) is 6.61 Å². The number of carbonyl (C=O) groups is 2.